The monoisotopic (exact) mass is 384 g/mol. The summed E-state index contributed by atoms with van der Waals surface area (Å²) in [5.74, 6) is 0. The lowest BCUT2D eigenvalue weighted by molar-refractivity contribution is 0.592. The highest BCUT2D eigenvalue weighted by atomic mass is 31.2. The lowest BCUT2D eigenvalue weighted by atomic mass is 10.1. The van der Waals surface area contributed by atoms with Crippen LogP contribution in [-0.4, -0.2) is 0 Å². The Balaban J connectivity index is 0.000000236. The minimum Gasteiger partial charge on any atom is -0.309 e. The van der Waals surface area contributed by atoms with Gasteiger partial charge in [-0.2, -0.15) is 0 Å². The maximum atomic E-state index is 13.8. The molecule has 4 rings (SSSR count). The summed E-state index contributed by atoms with van der Waals surface area (Å²) >= 11 is 0. The van der Waals surface area contributed by atoms with Crippen LogP contribution in [0.15, 0.2) is 115 Å². The first kappa shape index (κ1) is 19.9. The van der Waals surface area contributed by atoms with Gasteiger partial charge in [0.2, 0.25) is 0 Å². The zero-order chi connectivity index (χ0) is 19.8. The molecule has 0 radical (unpaired) electrons. The molecule has 0 atom stereocenters. The van der Waals surface area contributed by atoms with Gasteiger partial charge in [-0.1, -0.05) is 115 Å². The van der Waals surface area contributed by atoms with E-state index in [-0.39, 0.29) is 0 Å². The number of benzene rings is 4. The van der Waals surface area contributed by atoms with Crippen molar-refractivity contribution in [1.29, 1.82) is 0 Å². The molecule has 140 valence electrons. The summed E-state index contributed by atoms with van der Waals surface area (Å²) in [5, 5.41) is 2.62. The van der Waals surface area contributed by atoms with Gasteiger partial charge in [0.25, 0.3) is 0 Å². The van der Waals surface area contributed by atoms with E-state index < -0.39 is 7.14 Å². The van der Waals surface area contributed by atoms with Gasteiger partial charge < -0.3 is 4.57 Å². The highest BCUT2D eigenvalue weighted by molar-refractivity contribution is 7.85. The van der Waals surface area contributed by atoms with Crippen LogP contribution in [0, 0.1) is 13.8 Å². The molecular weight excluding hydrogens is 359 g/mol. The van der Waals surface area contributed by atoms with Crippen molar-refractivity contribution in [3.8, 4) is 0 Å². The Morgan fingerprint density at radius 3 is 0.929 bits per heavy atom. The summed E-state index contributed by atoms with van der Waals surface area (Å²) in [6.07, 6.45) is 0. The molecule has 0 fully saturated rings. The normalized spacial score (nSPS) is 10.6. The third-order valence-corrected chi connectivity index (χ3v) is 7.86. The van der Waals surface area contributed by atoms with Crippen molar-refractivity contribution < 1.29 is 4.57 Å². The average molecular weight is 384 g/mol. The largest absolute Gasteiger partial charge is 0.309 e. The molecule has 0 bridgehead atoms. The van der Waals surface area contributed by atoms with Crippen molar-refractivity contribution in [2.24, 2.45) is 0 Å². The van der Waals surface area contributed by atoms with E-state index in [0.717, 1.165) is 15.9 Å². The fourth-order valence-corrected chi connectivity index (χ4v) is 5.69. The Morgan fingerprint density at radius 2 is 0.679 bits per heavy atom. The summed E-state index contributed by atoms with van der Waals surface area (Å²) in [6, 6.07) is 37.5. The summed E-state index contributed by atoms with van der Waals surface area (Å²) in [4.78, 5) is 0. The minimum absolute atomic E-state index is 0.873. The molecule has 0 aliphatic rings. The summed E-state index contributed by atoms with van der Waals surface area (Å²) in [5.41, 5.74) is 2.74. The quantitative estimate of drug-likeness (QED) is 0.419. The van der Waals surface area contributed by atoms with Crippen molar-refractivity contribution in [3.63, 3.8) is 0 Å². The summed E-state index contributed by atoms with van der Waals surface area (Å²) < 4.78 is 13.8. The third kappa shape index (κ3) is 4.50. The van der Waals surface area contributed by atoms with E-state index in [1.54, 1.807) is 0 Å². The number of hydrogen-bond acceptors (Lipinski definition) is 1. The van der Waals surface area contributed by atoms with Crippen molar-refractivity contribution in [2.45, 2.75) is 13.8 Å². The van der Waals surface area contributed by atoms with E-state index in [1.807, 2.05) is 91.0 Å². The summed E-state index contributed by atoms with van der Waals surface area (Å²) in [6.45, 7) is 4.24. The highest BCUT2D eigenvalue weighted by Gasteiger charge is 2.28. The zero-order valence-electron chi connectivity index (χ0n) is 16.3. The molecule has 0 spiro atoms. The van der Waals surface area contributed by atoms with Crippen LogP contribution >= 0.6 is 7.14 Å². The number of aryl methyl sites for hydroxylation is 2. The molecule has 0 saturated carbocycles. The van der Waals surface area contributed by atoms with Crippen molar-refractivity contribution >= 4 is 23.1 Å². The van der Waals surface area contributed by atoms with Gasteiger partial charge in [-0.3, -0.25) is 0 Å². The predicted molar refractivity (Wildman–Crippen MR) is 122 cm³/mol. The maximum absolute atomic E-state index is 13.8. The Kier molecular flexibility index (Phi) is 6.63. The van der Waals surface area contributed by atoms with E-state index in [2.05, 4.69) is 38.1 Å². The zero-order valence-corrected chi connectivity index (χ0v) is 17.2. The Labute approximate surface area is 168 Å². The fourth-order valence-electron chi connectivity index (χ4n) is 3.02. The van der Waals surface area contributed by atoms with Gasteiger partial charge >= 0.3 is 0 Å². The molecule has 0 aliphatic heterocycles. The number of hydrogen-bond donors (Lipinski definition) is 0. The van der Waals surface area contributed by atoms with Crippen molar-refractivity contribution in [2.75, 3.05) is 0 Å². The highest BCUT2D eigenvalue weighted by Crippen LogP contribution is 2.41. The van der Waals surface area contributed by atoms with Crippen molar-refractivity contribution in [3.05, 3.63) is 126 Å². The third-order valence-electron chi connectivity index (χ3n) is 4.78. The number of rotatable bonds is 3. The smallest absolute Gasteiger partial charge is 0.171 e. The molecule has 28 heavy (non-hydrogen) atoms. The first-order chi connectivity index (χ1) is 13.6. The lowest BCUT2D eigenvalue weighted by Gasteiger charge is -2.19. The minimum atomic E-state index is -2.78. The molecule has 4 aromatic carbocycles. The molecular formula is C26H25OP. The van der Waals surface area contributed by atoms with Gasteiger partial charge in [-0.05, 0) is 25.0 Å². The molecule has 0 unspecified atom stereocenters. The molecule has 0 amide bonds. The van der Waals surface area contributed by atoms with Crippen LogP contribution in [0.3, 0.4) is 0 Å². The van der Waals surface area contributed by atoms with Crippen LogP contribution in [0.4, 0.5) is 0 Å². The van der Waals surface area contributed by atoms with Gasteiger partial charge in [-0.25, -0.2) is 0 Å². The molecule has 0 heterocycles. The van der Waals surface area contributed by atoms with E-state index in [1.165, 1.54) is 11.1 Å². The Bertz CT molecular complexity index is 917. The standard InChI is InChI=1S/C18H15OP.C8H10/c19-20(16-10-4-1-5-11-16,17-12-6-2-7-13-17)18-14-8-3-9-15-18;1-7-5-3-4-6-8(7)2/h1-15H;3-6H,1-2H3. The predicted octanol–water partition coefficient (Wildman–Crippen LogP) is 5.63. The second kappa shape index (κ2) is 9.35. The molecule has 0 saturated heterocycles. The van der Waals surface area contributed by atoms with Gasteiger partial charge in [-0.15, -0.1) is 0 Å². The lowest BCUT2D eigenvalue weighted by Crippen LogP contribution is -2.24. The fraction of sp³-hybridized carbons (Fsp3) is 0.0769. The van der Waals surface area contributed by atoms with Gasteiger partial charge in [0.1, 0.15) is 0 Å². The van der Waals surface area contributed by atoms with E-state index in [4.69, 9.17) is 0 Å². The first-order valence-electron chi connectivity index (χ1n) is 9.41. The van der Waals surface area contributed by atoms with Crippen LogP contribution in [0.2, 0.25) is 0 Å². The molecule has 4 aromatic rings. The SMILES string of the molecule is Cc1ccccc1C.O=P(c1ccccc1)(c1ccccc1)c1ccccc1. The van der Waals surface area contributed by atoms with Crippen LogP contribution in [0.25, 0.3) is 0 Å². The Morgan fingerprint density at radius 1 is 0.429 bits per heavy atom. The van der Waals surface area contributed by atoms with Crippen LogP contribution < -0.4 is 15.9 Å². The van der Waals surface area contributed by atoms with Gasteiger partial charge in [0, 0.05) is 15.9 Å². The second-order valence-electron chi connectivity index (χ2n) is 6.70. The molecule has 0 aromatic heterocycles. The second-order valence-corrected chi connectivity index (χ2v) is 9.47. The van der Waals surface area contributed by atoms with E-state index in [0.29, 0.717) is 0 Å². The first-order valence-corrected chi connectivity index (χ1v) is 11.1. The van der Waals surface area contributed by atoms with Crippen molar-refractivity contribution in [1.82, 2.24) is 0 Å². The van der Waals surface area contributed by atoms with Crippen LogP contribution in [-0.2, 0) is 4.57 Å². The Hall–Kier alpha value is -2.89. The van der Waals surface area contributed by atoms with E-state index in [9.17, 15) is 4.57 Å². The summed E-state index contributed by atoms with van der Waals surface area (Å²) in [7, 11) is -2.78. The average Bonchev–Trinajstić information content (AvgIpc) is 2.77. The van der Waals surface area contributed by atoms with E-state index >= 15 is 0 Å². The van der Waals surface area contributed by atoms with Crippen LogP contribution in [0.1, 0.15) is 11.1 Å². The topological polar surface area (TPSA) is 17.1 Å². The molecule has 0 aliphatic carbocycles. The van der Waals surface area contributed by atoms with Gasteiger partial charge in [0.05, 0.1) is 0 Å². The van der Waals surface area contributed by atoms with Gasteiger partial charge in [0.15, 0.2) is 7.14 Å². The molecule has 1 nitrogen and oxygen atoms in total. The molecule has 2 heteroatoms. The van der Waals surface area contributed by atoms with Crippen LogP contribution in [0.5, 0.6) is 0 Å². The molecule has 0 N–H and O–H groups in total. The maximum Gasteiger partial charge on any atom is 0.171 e.